The molecule has 0 radical (unpaired) electrons. The van der Waals surface area contributed by atoms with Gasteiger partial charge in [-0.3, -0.25) is 9.80 Å². The van der Waals surface area contributed by atoms with Crippen molar-refractivity contribution in [3.05, 3.63) is 34.9 Å². The molecule has 1 N–H and O–H groups in total. The molecule has 0 amide bonds. The van der Waals surface area contributed by atoms with Crippen LogP contribution in [0.1, 0.15) is 37.9 Å². The molecule has 116 valence electrons. The highest BCUT2D eigenvalue weighted by Crippen LogP contribution is 2.26. The number of benzene rings is 1. The molecule has 0 saturated carbocycles. The van der Waals surface area contributed by atoms with Crippen molar-refractivity contribution in [2.45, 2.75) is 44.4 Å². The van der Waals surface area contributed by atoms with Crippen LogP contribution < -0.4 is 0 Å². The van der Waals surface area contributed by atoms with Crippen LogP contribution in [0.15, 0.2) is 24.3 Å². The SMILES string of the molecule is CC1CN2CCCC2CN1CCC(O)c1cccc(Cl)c1. The third-order valence-electron chi connectivity index (χ3n) is 4.99. The number of hydrogen-bond acceptors (Lipinski definition) is 3. The lowest BCUT2D eigenvalue weighted by atomic mass is 10.0. The Labute approximate surface area is 132 Å². The fraction of sp³-hybridized carbons (Fsp3) is 0.647. The van der Waals surface area contributed by atoms with Crippen molar-refractivity contribution in [2.24, 2.45) is 0 Å². The second kappa shape index (κ2) is 6.66. The summed E-state index contributed by atoms with van der Waals surface area (Å²) in [5.74, 6) is 0. The molecule has 1 aromatic rings. The van der Waals surface area contributed by atoms with Crippen molar-refractivity contribution < 1.29 is 5.11 Å². The maximum atomic E-state index is 10.4. The molecular weight excluding hydrogens is 284 g/mol. The van der Waals surface area contributed by atoms with Crippen LogP contribution in [-0.4, -0.2) is 53.2 Å². The molecule has 3 nitrogen and oxygen atoms in total. The van der Waals surface area contributed by atoms with Gasteiger partial charge in [-0.1, -0.05) is 23.7 Å². The Bertz CT molecular complexity index is 482. The lowest BCUT2D eigenvalue weighted by Gasteiger charge is -2.42. The molecule has 0 aliphatic carbocycles. The Kier molecular flexibility index (Phi) is 4.85. The van der Waals surface area contributed by atoms with Crippen LogP contribution in [0, 0.1) is 0 Å². The van der Waals surface area contributed by atoms with Gasteiger partial charge >= 0.3 is 0 Å². The summed E-state index contributed by atoms with van der Waals surface area (Å²) in [6, 6.07) is 8.90. The standard InChI is InChI=1S/C17H25ClN2O/c1-13-11-20-8-3-6-16(20)12-19(13)9-7-17(21)14-4-2-5-15(18)10-14/h2,4-5,10,13,16-17,21H,3,6-9,11-12H2,1H3. The Morgan fingerprint density at radius 1 is 1.38 bits per heavy atom. The van der Waals surface area contributed by atoms with E-state index in [1.54, 1.807) is 0 Å². The van der Waals surface area contributed by atoms with Crippen LogP contribution >= 0.6 is 11.6 Å². The molecule has 1 aromatic carbocycles. The fourth-order valence-corrected chi connectivity index (χ4v) is 3.93. The van der Waals surface area contributed by atoms with Crippen LogP contribution in [0.25, 0.3) is 0 Å². The molecule has 2 aliphatic heterocycles. The summed E-state index contributed by atoms with van der Waals surface area (Å²) in [6.07, 6.45) is 3.03. The van der Waals surface area contributed by atoms with E-state index in [1.807, 2.05) is 24.3 Å². The summed E-state index contributed by atoms with van der Waals surface area (Å²) in [5, 5.41) is 11.0. The number of halogens is 1. The summed E-state index contributed by atoms with van der Waals surface area (Å²) >= 11 is 5.99. The number of rotatable bonds is 4. The largest absolute Gasteiger partial charge is 0.388 e. The highest BCUT2D eigenvalue weighted by molar-refractivity contribution is 6.30. The lowest BCUT2D eigenvalue weighted by Crippen LogP contribution is -2.55. The molecule has 0 bridgehead atoms. The van der Waals surface area contributed by atoms with E-state index in [0.29, 0.717) is 11.1 Å². The van der Waals surface area contributed by atoms with Crippen molar-refractivity contribution in [2.75, 3.05) is 26.2 Å². The molecule has 0 aromatic heterocycles. The van der Waals surface area contributed by atoms with Crippen LogP contribution in [-0.2, 0) is 0 Å². The Morgan fingerprint density at radius 2 is 2.24 bits per heavy atom. The topological polar surface area (TPSA) is 26.7 Å². The Hall–Kier alpha value is -0.610. The maximum absolute atomic E-state index is 10.4. The van der Waals surface area contributed by atoms with Gasteiger partial charge in [0.2, 0.25) is 0 Å². The zero-order valence-corrected chi connectivity index (χ0v) is 13.5. The van der Waals surface area contributed by atoms with Gasteiger partial charge in [0.25, 0.3) is 0 Å². The van der Waals surface area contributed by atoms with E-state index in [2.05, 4.69) is 16.7 Å². The molecule has 3 rings (SSSR count). The van der Waals surface area contributed by atoms with Crippen molar-refractivity contribution in [3.63, 3.8) is 0 Å². The van der Waals surface area contributed by atoms with Gasteiger partial charge < -0.3 is 5.11 Å². The predicted molar refractivity (Wildman–Crippen MR) is 86.7 cm³/mol. The molecule has 21 heavy (non-hydrogen) atoms. The molecule has 2 fully saturated rings. The molecule has 0 spiro atoms. The average molecular weight is 309 g/mol. The maximum Gasteiger partial charge on any atom is 0.0802 e. The Morgan fingerprint density at radius 3 is 3.05 bits per heavy atom. The van der Waals surface area contributed by atoms with Gasteiger partial charge in [-0.15, -0.1) is 0 Å². The summed E-state index contributed by atoms with van der Waals surface area (Å²) in [6.45, 7) is 6.87. The first-order chi connectivity index (χ1) is 10.1. The van der Waals surface area contributed by atoms with Crippen LogP contribution in [0.2, 0.25) is 5.02 Å². The van der Waals surface area contributed by atoms with E-state index in [0.717, 1.165) is 31.1 Å². The normalized spacial score (nSPS) is 28.5. The third kappa shape index (κ3) is 3.59. The molecule has 4 heteroatoms. The van der Waals surface area contributed by atoms with Crippen LogP contribution in [0.5, 0.6) is 0 Å². The minimum atomic E-state index is -0.419. The van der Waals surface area contributed by atoms with Crippen molar-refractivity contribution in [1.82, 2.24) is 9.80 Å². The van der Waals surface area contributed by atoms with Gasteiger partial charge in [-0.25, -0.2) is 0 Å². The molecule has 2 saturated heterocycles. The summed E-state index contributed by atoms with van der Waals surface area (Å²) in [7, 11) is 0. The number of aliphatic hydroxyl groups is 1. The monoisotopic (exact) mass is 308 g/mol. The van der Waals surface area contributed by atoms with E-state index in [1.165, 1.54) is 25.9 Å². The number of hydrogen-bond donors (Lipinski definition) is 1. The van der Waals surface area contributed by atoms with Crippen LogP contribution in [0.4, 0.5) is 0 Å². The van der Waals surface area contributed by atoms with Gasteiger partial charge in [0.05, 0.1) is 6.10 Å². The number of aliphatic hydroxyl groups excluding tert-OH is 1. The number of nitrogens with zero attached hydrogens (tertiary/aromatic N) is 2. The minimum absolute atomic E-state index is 0.419. The van der Waals surface area contributed by atoms with Gasteiger partial charge in [0.15, 0.2) is 0 Å². The predicted octanol–water partition coefficient (Wildman–Crippen LogP) is 2.93. The van der Waals surface area contributed by atoms with Crippen LogP contribution in [0.3, 0.4) is 0 Å². The summed E-state index contributed by atoms with van der Waals surface area (Å²) < 4.78 is 0. The van der Waals surface area contributed by atoms with Gasteiger partial charge in [0, 0.05) is 36.7 Å². The molecule has 3 unspecified atom stereocenters. The summed E-state index contributed by atoms with van der Waals surface area (Å²) in [5.41, 5.74) is 0.926. The van der Waals surface area contributed by atoms with E-state index in [4.69, 9.17) is 11.6 Å². The quantitative estimate of drug-likeness (QED) is 0.926. The van der Waals surface area contributed by atoms with E-state index in [9.17, 15) is 5.11 Å². The number of fused-ring (bicyclic) bond motifs is 1. The molecule has 3 atom stereocenters. The average Bonchev–Trinajstić information content (AvgIpc) is 2.91. The van der Waals surface area contributed by atoms with Gasteiger partial charge in [-0.2, -0.15) is 0 Å². The molecule has 2 heterocycles. The zero-order valence-electron chi connectivity index (χ0n) is 12.7. The fourth-order valence-electron chi connectivity index (χ4n) is 3.73. The highest BCUT2D eigenvalue weighted by atomic mass is 35.5. The van der Waals surface area contributed by atoms with E-state index < -0.39 is 6.10 Å². The highest BCUT2D eigenvalue weighted by Gasteiger charge is 2.34. The van der Waals surface area contributed by atoms with Crippen molar-refractivity contribution in [3.8, 4) is 0 Å². The second-order valence-corrected chi connectivity index (χ2v) is 6.93. The first-order valence-corrected chi connectivity index (χ1v) is 8.43. The Balaban J connectivity index is 1.54. The lowest BCUT2D eigenvalue weighted by molar-refractivity contribution is 0.0459. The summed E-state index contributed by atoms with van der Waals surface area (Å²) in [4.78, 5) is 5.18. The number of piperazine rings is 1. The van der Waals surface area contributed by atoms with Crippen molar-refractivity contribution in [1.29, 1.82) is 0 Å². The zero-order chi connectivity index (χ0) is 14.8. The van der Waals surface area contributed by atoms with E-state index in [-0.39, 0.29) is 0 Å². The molecule has 2 aliphatic rings. The minimum Gasteiger partial charge on any atom is -0.388 e. The first kappa shape index (κ1) is 15.3. The van der Waals surface area contributed by atoms with Gasteiger partial charge in [-0.05, 0) is 50.4 Å². The van der Waals surface area contributed by atoms with Gasteiger partial charge in [0.1, 0.15) is 0 Å². The van der Waals surface area contributed by atoms with Crippen molar-refractivity contribution >= 4 is 11.6 Å². The van der Waals surface area contributed by atoms with E-state index >= 15 is 0 Å². The molecular formula is C17H25ClN2O. The third-order valence-corrected chi connectivity index (χ3v) is 5.22. The second-order valence-electron chi connectivity index (χ2n) is 6.49. The first-order valence-electron chi connectivity index (χ1n) is 8.05. The smallest absolute Gasteiger partial charge is 0.0802 e.